The molecule has 1 aromatic carbocycles. The Labute approximate surface area is 96.4 Å². The number of thioether (sulfide) groups is 1. The van der Waals surface area contributed by atoms with Gasteiger partial charge in [-0.15, -0.1) is 11.8 Å². The minimum atomic E-state index is -2.37. The fourth-order valence-electron chi connectivity index (χ4n) is 1.83. The third kappa shape index (κ3) is 2.52. The topological polar surface area (TPSA) is 12.0 Å². The van der Waals surface area contributed by atoms with Crippen molar-refractivity contribution < 1.29 is 13.2 Å². The molecule has 0 spiro atoms. The van der Waals surface area contributed by atoms with Crippen LogP contribution >= 0.6 is 11.8 Å². The van der Waals surface area contributed by atoms with E-state index in [0.717, 1.165) is 17.7 Å². The average molecular weight is 247 g/mol. The van der Waals surface area contributed by atoms with Crippen LogP contribution in [0.1, 0.15) is 18.0 Å². The average Bonchev–Trinajstić information content (AvgIpc) is 2.27. The molecular formula is C11H12F3NS. The molecule has 1 nitrogen and oxygen atoms in total. The molecule has 0 fully saturated rings. The second-order valence-electron chi connectivity index (χ2n) is 3.65. The fourth-order valence-corrected chi connectivity index (χ4v) is 2.97. The van der Waals surface area contributed by atoms with Crippen molar-refractivity contribution in [3.63, 3.8) is 0 Å². The zero-order chi connectivity index (χ0) is 11.5. The number of hydrogen-bond acceptors (Lipinski definition) is 2. The first kappa shape index (κ1) is 11.8. The lowest BCUT2D eigenvalue weighted by molar-refractivity contribution is 0.140. The second-order valence-corrected chi connectivity index (χ2v) is 4.75. The van der Waals surface area contributed by atoms with E-state index in [-0.39, 0.29) is 18.4 Å². The third-order valence-electron chi connectivity index (χ3n) is 2.54. The molecule has 1 unspecified atom stereocenters. The molecular weight excluding hydrogens is 235 g/mol. The quantitative estimate of drug-likeness (QED) is 0.880. The normalized spacial score (nSPS) is 19.9. The van der Waals surface area contributed by atoms with Crippen molar-refractivity contribution in [2.45, 2.75) is 23.8 Å². The van der Waals surface area contributed by atoms with Gasteiger partial charge in [-0.05, 0) is 23.8 Å². The summed E-state index contributed by atoms with van der Waals surface area (Å²) in [6.07, 6.45) is -1.61. The number of rotatable bonds is 3. The van der Waals surface area contributed by atoms with Crippen LogP contribution in [-0.2, 0) is 0 Å². The Morgan fingerprint density at radius 3 is 3.00 bits per heavy atom. The summed E-state index contributed by atoms with van der Waals surface area (Å²) in [5.41, 5.74) is 0.803. The minimum absolute atomic E-state index is 0.152. The molecule has 0 saturated carbocycles. The number of nitrogens with one attached hydrogen (secondary N) is 1. The van der Waals surface area contributed by atoms with Crippen LogP contribution in [0.4, 0.5) is 13.2 Å². The number of hydrogen-bond donors (Lipinski definition) is 1. The van der Waals surface area contributed by atoms with Gasteiger partial charge in [0.15, 0.2) is 0 Å². The van der Waals surface area contributed by atoms with Gasteiger partial charge in [-0.2, -0.15) is 0 Å². The predicted octanol–water partition coefficient (Wildman–Crippen LogP) is 3.22. The number of halogens is 3. The van der Waals surface area contributed by atoms with Crippen molar-refractivity contribution in [2.75, 3.05) is 12.3 Å². The van der Waals surface area contributed by atoms with Crippen molar-refractivity contribution in [3.8, 4) is 0 Å². The number of benzene rings is 1. The van der Waals surface area contributed by atoms with Crippen molar-refractivity contribution in [1.82, 2.24) is 5.32 Å². The van der Waals surface area contributed by atoms with Crippen LogP contribution in [-0.4, -0.2) is 18.7 Å². The van der Waals surface area contributed by atoms with Crippen LogP contribution in [0.25, 0.3) is 0 Å². The van der Waals surface area contributed by atoms with Gasteiger partial charge in [-0.1, -0.05) is 12.1 Å². The van der Waals surface area contributed by atoms with Crippen molar-refractivity contribution in [2.24, 2.45) is 0 Å². The molecule has 16 heavy (non-hydrogen) atoms. The Morgan fingerprint density at radius 1 is 1.44 bits per heavy atom. The highest BCUT2D eigenvalue weighted by molar-refractivity contribution is 7.99. The molecule has 0 saturated heterocycles. The first-order valence-electron chi connectivity index (χ1n) is 5.11. The molecule has 0 radical (unpaired) electrons. The van der Waals surface area contributed by atoms with Crippen molar-refractivity contribution >= 4 is 11.8 Å². The van der Waals surface area contributed by atoms with Crippen molar-refractivity contribution in [3.05, 3.63) is 29.6 Å². The van der Waals surface area contributed by atoms with E-state index in [4.69, 9.17) is 0 Å². The van der Waals surface area contributed by atoms with Crippen LogP contribution in [0.5, 0.6) is 0 Å². The lowest BCUT2D eigenvalue weighted by Gasteiger charge is -2.26. The van der Waals surface area contributed by atoms with Gasteiger partial charge in [-0.3, -0.25) is 0 Å². The molecule has 88 valence electrons. The second kappa shape index (κ2) is 5.10. The molecule has 5 heteroatoms. The molecule has 1 heterocycles. The lowest BCUT2D eigenvalue weighted by atomic mass is 10.0. The molecule has 1 aliphatic rings. The maximum atomic E-state index is 13.4. The van der Waals surface area contributed by atoms with Crippen LogP contribution in [0.3, 0.4) is 0 Å². The predicted molar refractivity (Wildman–Crippen MR) is 58.5 cm³/mol. The van der Waals surface area contributed by atoms with E-state index < -0.39 is 6.43 Å². The van der Waals surface area contributed by atoms with Gasteiger partial charge in [0.1, 0.15) is 5.82 Å². The minimum Gasteiger partial charge on any atom is -0.304 e. The van der Waals surface area contributed by atoms with E-state index in [2.05, 4.69) is 5.32 Å². The van der Waals surface area contributed by atoms with Gasteiger partial charge in [0.2, 0.25) is 0 Å². The zero-order valence-electron chi connectivity index (χ0n) is 8.55. The standard InChI is InChI=1S/C11H12F3NS/c12-8-3-1-2-7-9(15-6-10(13)14)4-5-16-11(7)8/h1-3,9-10,15H,4-6H2. The zero-order valence-corrected chi connectivity index (χ0v) is 9.37. The Kier molecular flexibility index (Phi) is 3.76. The summed E-state index contributed by atoms with van der Waals surface area (Å²) in [5, 5.41) is 2.77. The van der Waals surface area contributed by atoms with Gasteiger partial charge >= 0.3 is 0 Å². The van der Waals surface area contributed by atoms with Crippen LogP contribution in [0, 0.1) is 5.82 Å². The molecule has 0 aromatic heterocycles. The van der Waals surface area contributed by atoms with E-state index in [1.807, 2.05) is 0 Å². The Hall–Kier alpha value is -0.680. The van der Waals surface area contributed by atoms with Gasteiger partial charge in [0.05, 0.1) is 6.54 Å². The summed E-state index contributed by atoms with van der Waals surface area (Å²) >= 11 is 1.45. The summed E-state index contributed by atoms with van der Waals surface area (Å²) < 4.78 is 37.7. The SMILES string of the molecule is Fc1cccc2c1SCCC2NCC(F)F. The van der Waals surface area contributed by atoms with Crippen LogP contribution < -0.4 is 5.32 Å². The molecule has 1 aromatic rings. The molecule has 0 amide bonds. The Balaban J connectivity index is 2.16. The highest BCUT2D eigenvalue weighted by atomic mass is 32.2. The summed E-state index contributed by atoms with van der Waals surface area (Å²) in [5.74, 6) is 0.500. The Morgan fingerprint density at radius 2 is 2.25 bits per heavy atom. The smallest absolute Gasteiger partial charge is 0.250 e. The number of fused-ring (bicyclic) bond motifs is 1. The maximum Gasteiger partial charge on any atom is 0.250 e. The van der Waals surface area contributed by atoms with Gasteiger partial charge in [-0.25, -0.2) is 13.2 Å². The molecule has 0 aliphatic carbocycles. The largest absolute Gasteiger partial charge is 0.304 e. The lowest BCUT2D eigenvalue weighted by Crippen LogP contribution is -2.29. The van der Waals surface area contributed by atoms with Crippen LogP contribution in [0.15, 0.2) is 23.1 Å². The summed E-state index contributed by atoms with van der Waals surface area (Å²) in [7, 11) is 0. The van der Waals surface area contributed by atoms with E-state index in [0.29, 0.717) is 4.90 Å². The summed E-state index contributed by atoms with van der Waals surface area (Å²) in [6, 6.07) is 4.67. The monoisotopic (exact) mass is 247 g/mol. The van der Waals surface area contributed by atoms with Gasteiger partial charge in [0.25, 0.3) is 6.43 Å². The molecule has 2 rings (SSSR count). The summed E-state index contributed by atoms with van der Waals surface area (Å²) in [6.45, 7) is -0.342. The fraction of sp³-hybridized carbons (Fsp3) is 0.455. The third-order valence-corrected chi connectivity index (χ3v) is 3.70. The molecule has 1 aliphatic heterocycles. The first-order chi connectivity index (χ1) is 7.68. The molecule has 1 atom stereocenters. The first-order valence-corrected chi connectivity index (χ1v) is 6.10. The van der Waals surface area contributed by atoms with Crippen LogP contribution in [0.2, 0.25) is 0 Å². The van der Waals surface area contributed by atoms with Crippen molar-refractivity contribution in [1.29, 1.82) is 0 Å². The van der Waals surface area contributed by atoms with Gasteiger partial charge < -0.3 is 5.32 Å². The van der Waals surface area contributed by atoms with E-state index in [9.17, 15) is 13.2 Å². The van der Waals surface area contributed by atoms with Gasteiger partial charge in [0, 0.05) is 10.9 Å². The number of alkyl halides is 2. The molecule has 0 bridgehead atoms. The summed E-state index contributed by atoms with van der Waals surface area (Å²) in [4.78, 5) is 0.598. The highest BCUT2D eigenvalue weighted by Crippen LogP contribution is 2.37. The highest BCUT2D eigenvalue weighted by Gasteiger charge is 2.23. The molecule has 1 N–H and O–H groups in total. The van der Waals surface area contributed by atoms with E-state index in [1.54, 1.807) is 12.1 Å². The van der Waals surface area contributed by atoms with E-state index >= 15 is 0 Å². The maximum absolute atomic E-state index is 13.4. The van der Waals surface area contributed by atoms with E-state index in [1.165, 1.54) is 17.8 Å². The Bertz CT molecular complexity index is 370.